The van der Waals surface area contributed by atoms with Gasteiger partial charge in [-0.25, -0.2) is 4.98 Å². The van der Waals surface area contributed by atoms with E-state index >= 15 is 0 Å². The van der Waals surface area contributed by atoms with E-state index in [4.69, 9.17) is 5.26 Å². The molecule has 0 saturated carbocycles. The molecule has 1 aliphatic heterocycles. The summed E-state index contributed by atoms with van der Waals surface area (Å²) in [6, 6.07) is 5.68. The maximum Gasteiger partial charge on any atom is 0.140 e. The summed E-state index contributed by atoms with van der Waals surface area (Å²) >= 11 is 0. The molecule has 2 heterocycles. The van der Waals surface area contributed by atoms with Gasteiger partial charge in [0.05, 0.1) is 11.9 Å². The van der Waals surface area contributed by atoms with E-state index in [0.29, 0.717) is 11.6 Å². The van der Waals surface area contributed by atoms with Crippen LogP contribution in [0.15, 0.2) is 18.3 Å². The molecule has 0 spiro atoms. The monoisotopic (exact) mass is 244 g/mol. The number of hydrogen-bond donors (Lipinski definition) is 1. The number of aromatic nitrogens is 1. The van der Waals surface area contributed by atoms with Crippen LogP contribution in [0.4, 0.5) is 5.69 Å². The van der Waals surface area contributed by atoms with E-state index in [1.165, 1.54) is 25.9 Å². The van der Waals surface area contributed by atoms with E-state index in [0.717, 1.165) is 18.8 Å². The molecular formula is C14H20N4. The van der Waals surface area contributed by atoms with Crippen molar-refractivity contribution < 1.29 is 0 Å². The van der Waals surface area contributed by atoms with Crippen LogP contribution in [-0.4, -0.2) is 36.1 Å². The number of nitriles is 1. The minimum Gasteiger partial charge on any atom is -0.383 e. The lowest BCUT2D eigenvalue weighted by molar-refractivity contribution is 0.294. The Morgan fingerprint density at radius 1 is 1.44 bits per heavy atom. The summed E-state index contributed by atoms with van der Waals surface area (Å²) in [4.78, 5) is 6.58. The summed E-state index contributed by atoms with van der Waals surface area (Å²) < 4.78 is 0. The zero-order valence-electron chi connectivity index (χ0n) is 10.9. The minimum atomic E-state index is 0.464. The van der Waals surface area contributed by atoms with Crippen molar-refractivity contribution in [1.82, 2.24) is 9.88 Å². The Morgan fingerprint density at radius 2 is 2.22 bits per heavy atom. The molecule has 2 rings (SSSR count). The molecule has 0 aliphatic carbocycles. The van der Waals surface area contributed by atoms with Gasteiger partial charge in [0.25, 0.3) is 0 Å². The van der Waals surface area contributed by atoms with Gasteiger partial charge in [-0.05, 0) is 44.0 Å². The number of anilines is 1. The van der Waals surface area contributed by atoms with Crippen molar-refractivity contribution in [3.05, 3.63) is 24.0 Å². The fourth-order valence-electron chi connectivity index (χ4n) is 2.33. The van der Waals surface area contributed by atoms with Crippen molar-refractivity contribution in [2.24, 2.45) is 5.92 Å². The Morgan fingerprint density at radius 3 is 2.83 bits per heavy atom. The number of hydrogen-bond acceptors (Lipinski definition) is 4. The second-order valence-electron chi connectivity index (χ2n) is 5.04. The fraction of sp³-hybridized carbons (Fsp3) is 0.571. The topological polar surface area (TPSA) is 52.0 Å². The van der Waals surface area contributed by atoms with Crippen molar-refractivity contribution >= 4 is 5.69 Å². The second-order valence-corrected chi connectivity index (χ2v) is 5.04. The summed E-state index contributed by atoms with van der Waals surface area (Å²) in [5.74, 6) is 0.624. The minimum absolute atomic E-state index is 0.464. The molecule has 1 unspecified atom stereocenters. The van der Waals surface area contributed by atoms with Gasteiger partial charge in [0.2, 0.25) is 0 Å². The van der Waals surface area contributed by atoms with Crippen molar-refractivity contribution in [1.29, 1.82) is 5.26 Å². The van der Waals surface area contributed by atoms with Crippen LogP contribution in [0.3, 0.4) is 0 Å². The first-order valence-electron chi connectivity index (χ1n) is 6.60. The Kier molecular flexibility index (Phi) is 4.54. The van der Waals surface area contributed by atoms with E-state index < -0.39 is 0 Å². The number of pyridine rings is 1. The summed E-state index contributed by atoms with van der Waals surface area (Å²) in [5, 5.41) is 12.0. The molecule has 1 aliphatic rings. The zero-order valence-corrected chi connectivity index (χ0v) is 10.9. The molecule has 4 nitrogen and oxygen atoms in total. The molecule has 4 heteroatoms. The molecule has 1 saturated heterocycles. The predicted octanol–water partition coefficient (Wildman–Crippen LogP) is 2.10. The van der Waals surface area contributed by atoms with Crippen molar-refractivity contribution in [3.63, 3.8) is 0 Å². The van der Waals surface area contributed by atoms with Crippen molar-refractivity contribution in [2.75, 3.05) is 31.5 Å². The molecule has 1 N–H and O–H groups in total. The molecule has 18 heavy (non-hydrogen) atoms. The van der Waals surface area contributed by atoms with Gasteiger partial charge in [0.15, 0.2) is 0 Å². The van der Waals surface area contributed by atoms with Gasteiger partial charge in [0.1, 0.15) is 11.8 Å². The van der Waals surface area contributed by atoms with Gasteiger partial charge >= 0.3 is 0 Å². The molecule has 0 bridgehead atoms. The highest BCUT2D eigenvalue weighted by Gasteiger charge is 2.14. The van der Waals surface area contributed by atoms with Crippen LogP contribution >= 0.6 is 0 Å². The third-order valence-electron chi connectivity index (χ3n) is 3.30. The third kappa shape index (κ3) is 3.71. The SMILES string of the molecule is CC(CNc1ccc(C#N)nc1)CN1CCCC1. The highest BCUT2D eigenvalue weighted by Crippen LogP contribution is 2.11. The molecule has 0 amide bonds. The quantitative estimate of drug-likeness (QED) is 0.861. The van der Waals surface area contributed by atoms with Crippen LogP contribution in [-0.2, 0) is 0 Å². The van der Waals surface area contributed by atoms with Gasteiger partial charge in [-0.2, -0.15) is 5.26 Å². The molecule has 0 aromatic carbocycles. The van der Waals surface area contributed by atoms with Gasteiger partial charge in [-0.3, -0.25) is 0 Å². The first-order chi connectivity index (χ1) is 8.78. The number of nitrogens with zero attached hydrogens (tertiary/aromatic N) is 3. The van der Waals surface area contributed by atoms with E-state index in [2.05, 4.69) is 22.1 Å². The highest BCUT2D eigenvalue weighted by atomic mass is 15.1. The lowest BCUT2D eigenvalue weighted by Gasteiger charge is -2.20. The van der Waals surface area contributed by atoms with Gasteiger partial charge < -0.3 is 10.2 Å². The molecule has 1 fully saturated rings. The molecule has 1 aromatic rings. The Labute approximate surface area is 109 Å². The van der Waals surface area contributed by atoms with Crippen LogP contribution in [0.2, 0.25) is 0 Å². The van der Waals surface area contributed by atoms with Gasteiger partial charge in [-0.1, -0.05) is 6.92 Å². The third-order valence-corrected chi connectivity index (χ3v) is 3.30. The maximum atomic E-state index is 8.67. The van der Waals surface area contributed by atoms with E-state index in [1.807, 2.05) is 12.1 Å². The Bertz CT molecular complexity index is 401. The average molecular weight is 244 g/mol. The normalized spacial score (nSPS) is 17.3. The van der Waals surface area contributed by atoms with E-state index in [1.54, 1.807) is 12.3 Å². The van der Waals surface area contributed by atoms with Crippen molar-refractivity contribution in [2.45, 2.75) is 19.8 Å². The smallest absolute Gasteiger partial charge is 0.140 e. The Hall–Kier alpha value is -1.60. The first kappa shape index (κ1) is 12.8. The summed E-state index contributed by atoms with van der Waals surface area (Å²) in [6.07, 6.45) is 4.42. The van der Waals surface area contributed by atoms with Crippen LogP contribution < -0.4 is 5.32 Å². The van der Waals surface area contributed by atoms with E-state index in [-0.39, 0.29) is 0 Å². The fourth-order valence-corrected chi connectivity index (χ4v) is 2.33. The molecule has 1 aromatic heterocycles. The zero-order chi connectivity index (χ0) is 12.8. The van der Waals surface area contributed by atoms with Crippen LogP contribution in [0.25, 0.3) is 0 Å². The average Bonchev–Trinajstić information content (AvgIpc) is 2.90. The van der Waals surface area contributed by atoms with Gasteiger partial charge in [0, 0.05) is 13.1 Å². The summed E-state index contributed by atoms with van der Waals surface area (Å²) in [7, 11) is 0. The first-order valence-corrected chi connectivity index (χ1v) is 6.60. The Balaban J connectivity index is 1.74. The lowest BCUT2D eigenvalue weighted by Crippen LogP contribution is -2.28. The molecular weight excluding hydrogens is 224 g/mol. The second kappa shape index (κ2) is 6.36. The summed E-state index contributed by atoms with van der Waals surface area (Å²) in [5.41, 5.74) is 1.45. The van der Waals surface area contributed by atoms with Crippen molar-refractivity contribution in [3.8, 4) is 6.07 Å². The molecule has 96 valence electrons. The van der Waals surface area contributed by atoms with Gasteiger partial charge in [-0.15, -0.1) is 0 Å². The van der Waals surface area contributed by atoms with Crippen LogP contribution in [0.1, 0.15) is 25.5 Å². The predicted molar refractivity (Wildman–Crippen MR) is 72.3 cm³/mol. The standard InChI is InChI=1S/C14H20N4/c1-12(11-18-6-2-3-7-18)9-16-14-5-4-13(8-15)17-10-14/h4-5,10,12,16H,2-3,6-7,9,11H2,1H3. The number of nitrogens with one attached hydrogen (secondary N) is 1. The largest absolute Gasteiger partial charge is 0.383 e. The number of likely N-dealkylation sites (tertiary alicyclic amines) is 1. The molecule has 1 atom stereocenters. The van der Waals surface area contributed by atoms with Crippen LogP contribution in [0.5, 0.6) is 0 Å². The lowest BCUT2D eigenvalue weighted by atomic mass is 10.1. The highest BCUT2D eigenvalue weighted by molar-refractivity contribution is 5.42. The summed E-state index contributed by atoms with van der Waals surface area (Å²) in [6.45, 7) is 6.88. The van der Waals surface area contributed by atoms with E-state index in [9.17, 15) is 0 Å². The maximum absolute atomic E-state index is 8.67. The number of rotatable bonds is 5. The van der Waals surface area contributed by atoms with Crippen LogP contribution in [0, 0.1) is 17.2 Å². The molecule has 0 radical (unpaired) electrons.